The summed E-state index contributed by atoms with van der Waals surface area (Å²) in [6.45, 7) is -3.00. The molecule has 0 unspecified atom stereocenters. The van der Waals surface area contributed by atoms with Crippen LogP contribution in [-0.4, -0.2) is 28.9 Å². The zero-order valence-electron chi connectivity index (χ0n) is 6.43. The Morgan fingerprint density at radius 3 is 2.77 bits per heavy atom. The summed E-state index contributed by atoms with van der Waals surface area (Å²) in [7, 11) is 0. The van der Waals surface area contributed by atoms with E-state index in [2.05, 4.69) is 4.74 Å². The lowest BCUT2D eigenvalue weighted by Gasteiger charge is -2.24. The third-order valence-corrected chi connectivity index (χ3v) is 1.37. The number of rotatable bonds is 2. The van der Waals surface area contributed by atoms with Crippen molar-refractivity contribution >= 4 is 6.09 Å². The molecule has 0 saturated carbocycles. The van der Waals surface area contributed by atoms with Crippen molar-refractivity contribution in [3.05, 3.63) is 24.4 Å². The molecule has 72 valence electrons. The average Bonchev–Trinajstić information content (AvgIpc) is 2.03. The monoisotopic (exact) mass is 191 g/mol. The molecule has 1 aliphatic heterocycles. The van der Waals surface area contributed by atoms with Crippen molar-refractivity contribution in [2.45, 2.75) is 12.8 Å². The molecule has 0 aromatic carbocycles. The molecule has 1 atom stereocenters. The van der Waals surface area contributed by atoms with Crippen LogP contribution in [0.4, 0.5) is 13.6 Å². The molecule has 0 aromatic heterocycles. The summed E-state index contributed by atoms with van der Waals surface area (Å²) in [5.74, 6) is 0. The van der Waals surface area contributed by atoms with Gasteiger partial charge in [0.1, 0.15) is 0 Å². The predicted octanol–water partition coefficient (Wildman–Crippen LogP) is 1.62. The molecule has 0 radical (unpaired) electrons. The highest BCUT2D eigenvalue weighted by atomic mass is 19.3. The number of halogens is 2. The number of nitrogens with zero attached hydrogens (tertiary/aromatic N) is 1. The Hall–Kier alpha value is -1.43. The Balaban J connectivity index is 2.65. The number of hydrogen-bond donors (Lipinski definition) is 1. The third-order valence-electron chi connectivity index (χ3n) is 1.37. The van der Waals surface area contributed by atoms with Gasteiger partial charge in [0.2, 0.25) is 0 Å². The van der Waals surface area contributed by atoms with Crippen molar-refractivity contribution in [3.8, 4) is 0 Å². The molecule has 0 fully saturated rings. The molecular weight excluding hydrogens is 184 g/mol. The molecule has 6 heteroatoms. The van der Waals surface area contributed by atoms with Crippen LogP contribution in [0.25, 0.3) is 0 Å². The summed E-state index contributed by atoms with van der Waals surface area (Å²) >= 11 is 0. The van der Waals surface area contributed by atoms with Gasteiger partial charge in [0.05, 0.1) is 0 Å². The molecule has 13 heavy (non-hydrogen) atoms. The molecule has 1 heterocycles. The first-order valence-corrected chi connectivity index (χ1v) is 3.41. The molecule has 0 bridgehead atoms. The summed E-state index contributed by atoms with van der Waals surface area (Å²) in [4.78, 5) is 11.1. The quantitative estimate of drug-likeness (QED) is 0.721. The number of carboxylic acid groups (broad SMARTS) is 1. The number of allylic oxidation sites excluding steroid dienone is 2. The van der Waals surface area contributed by atoms with Crippen LogP contribution < -0.4 is 0 Å². The molecule has 4 nitrogen and oxygen atoms in total. The normalized spacial score (nSPS) is 21.2. The Bertz CT molecular complexity index is 252. The van der Waals surface area contributed by atoms with Crippen LogP contribution in [0.15, 0.2) is 24.4 Å². The Morgan fingerprint density at radius 2 is 2.23 bits per heavy atom. The van der Waals surface area contributed by atoms with Gasteiger partial charge in [-0.3, -0.25) is 9.64 Å². The van der Waals surface area contributed by atoms with E-state index in [-0.39, 0.29) is 0 Å². The van der Waals surface area contributed by atoms with Crippen molar-refractivity contribution < 1.29 is 23.4 Å². The number of ether oxygens (including phenoxy) is 1. The Kier molecular flexibility index (Phi) is 2.97. The summed E-state index contributed by atoms with van der Waals surface area (Å²) in [6, 6.07) is 0. The lowest BCUT2D eigenvalue weighted by atomic mass is 10.3. The molecule has 0 aliphatic carbocycles. The zero-order chi connectivity index (χ0) is 9.84. The fourth-order valence-corrected chi connectivity index (χ4v) is 0.868. The highest BCUT2D eigenvalue weighted by Gasteiger charge is 2.23. The van der Waals surface area contributed by atoms with E-state index in [1.807, 2.05) is 0 Å². The number of carbonyl (C=O) groups is 1. The predicted molar refractivity (Wildman–Crippen MR) is 39.0 cm³/mol. The standard InChI is InChI=1S/C7H7F2NO3/c8-6(9)13-5-3-1-2-4-10(5)7(11)12/h1-6H,(H,11,12)/t5-/m0/s1. The first-order chi connectivity index (χ1) is 6.11. The summed E-state index contributed by atoms with van der Waals surface area (Å²) in [5, 5.41) is 8.54. The largest absolute Gasteiger partial charge is 0.465 e. The van der Waals surface area contributed by atoms with Crippen LogP contribution in [0.3, 0.4) is 0 Å². The summed E-state index contributed by atoms with van der Waals surface area (Å²) in [6.07, 6.45) is 2.63. The van der Waals surface area contributed by atoms with E-state index in [1.54, 1.807) is 0 Å². The average molecular weight is 191 g/mol. The first kappa shape index (κ1) is 9.66. The fourth-order valence-electron chi connectivity index (χ4n) is 0.868. The van der Waals surface area contributed by atoms with Crippen LogP contribution in [0, 0.1) is 0 Å². The van der Waals surface area contributed by atoms with Crippen molar-refractivity contribution in [2.24, 2.45) is 0 Å². The van der Waals surface area contributed by atoms with Crippen molar-refractivity contribution in [1.82, 2.24) is 4.90 Å². The number of hydrogen-bond acceptors (Lipinski definition) is 2. The molecule has 0 spiro atoms. The summed E-state index contributed by atoms with van der Waals surface area (Å²) in [5.41, 5.74) is 0. The second-order valence-electron chi connectivity index (χ2n) is 2.20. The van der Waals surface area contributed by atoms with E-state index in [0.717, 1.165) is 6.20 Å². The highest BCUT2D eigenvalue weighted by molar-refractivity contribution is 5.67. The van der Waals surface area contributed by atoms with E-state index in [1.165, 1.54) is 18.2 Å². The SMILES string of the molecule is O=C(O)N1C=CC=C[C@@H]1OC(F)F. The molecule has 1 amide bonds. The maximum Gasteiger partial charge on any atom is 0.413 e. The van der Waals surface area contributed by atoms with Gasteiger partial charge in [0, 0.05) is 6.20 Å². The van der Waals surface area contributed by atoms with Gasteiger partial charge in [-0.1, -0.05) is 6.08 Å². The topological polar surface area (TPSA) is 49.8 Å². The molecule has 1 rings (SSSR count). The minimum absolute atomic E-state index is 0.645. The fraction of sp³-hybridized carbons (Fsp3) is 0.286. The van der Waals surface area contributed by atoms with Crippen LogP contribution in [0.5, 0.6) is 0 Å². The molecule has 1 aliphatic rings. The second kappa shape index (κ2) is 3.99. The van der Waals surface area contributed by atoms with Gasteiger partial charge < -0.3 is 5.11 Å². The van der Waals surface area contributed by atoms with Crippen molar-refractivity contribution in [2.75, 3.05) is 0 Å². The van der Waals surface area contributed by atoms with Crippen LogP contribution in [0.1, 0.15) is 0 Å². The lowest BCUT2D eigenvalue weighted by Crippen LogP contribution is -2.37. The molecule has 0 saturated heterocycles. The van der Waals surface area contributed by atoms with Crippen LogP contribution in [-0.2, 0) is 4.74 Å². The summed E-state index contributed by atoms with van der Waals surface area (Å²) < 4.78 is 27.6. The van der Waals surface area contributed by atoms with Gasteiger partial charge in [-0.05, 0) is 12.2 Å². The van der Waals surface area contributed by atoms with Gasteiger partial charge in [0.15, 0.2) is 6.23 Å². The highest BCUT2D eigenvalue weighted by Crippen LogP contribution is 2.13. The maximum absolute atomic E-state index is 11.8. The molecule has 1 N–H and O–H groups in total. The van der Waals surface area contributed by atoms with Crippen molar-refractivity contribution in [3.63, 3.8) is 0 Å². The van der Waals surface area contributed by atoms with Gasteiger partial charge in [-0.2, -0.15) is 8.78 Å². The molecule has 0 aromatic rings. The van der Waals surface area contributed by atoms with Gasteiger partial charge in [-0.15, -0.1) is 0 Å². The zero-order valence-corrected chi connectivity index (χ0v) is 6.43. The molecular formula is C7H7F2NO3. The maximum atomic E-state index is 11.8. The van der Waals surface area contributed by atoms with E-state index >= 15 is 0 Å². The van der Waals surface area contributed by atoms with E-state index in [0.29, 0.717) is 4.90 Å². The number of alkyl halides is 2. The van der Waals surface area contributed by atoms with E-state index in [9.17, 15) is 13.6 Å². The van der Waals surface area contributed by atoms with Gasteiger partial charge >= 0.3 is 12.7 Å². The lowest BCUT2D eigenvalue weighted by molar-refractivity contribution is -0.175. The Morgan fingerprint density at radius 1 is 1.54 bits per heavy atom. The van der Waals surface area contributed by atoms with E-state index in [4.69, 9.17) is 5.11 Å². The second-order valence-corrected chi connectivity index (χ2v) is 2.20. The number of amides is 1. The van der Waals surface area contributed by atoms with Gasteiger partial charge in [-0.25, -0.2) is 4.79 Å². The van der Waals surface area contributed by atoms with Crippen LogP contribution in [0.2, 0.25) is 0 Å². The van der Waals surface area contributed by atoms with Gasteiger partial charge in [0.25, 0.3) is 0 Å². The van der Waals surface area contributed by atoms with E-state index < -0.39 is 18.9 Å². The van der Waals surface area contributed by atoms with Crippen molar-refractivity contribution in [1.29, 1.82) is 0 Å². The Labute approximate surface area is 72.7 Å². The van der Waals surface area contributed by atoms with Crippen LogP contribution >= 0.6 is 0 Å². The smallest absolute Gasteiger partial charge is 0.413 e. The first-order valence-electron chi connectivity index (χ1n) is 3.41. The minimum Gasteiger partial charge on any atom is -0.465 e. The third kappa shape index (κ3) is 2.51. The minimum atomic E-state index is -3.00.